The number of ether oxygens (including phenoxy) is 1. The van der Waals surface area contributed by atoms with Gasteiger partial charge >= 0.3 is 0 Å². The molecule has 136 valence electrons. The third-order valence-electron chi connectivity index (χ3n) is 4.52. The maximum absolute atomic E-state index is 12.4. The molecule has 4 rings (SSSR count). The van der Waals surface area contributed by atoms with Crippen LogP contribution in [0.1, 0.15) is 23.5 Å². The van der Waals surface area contributed by atoms with Crippen LogP contribution < -0.4 is 10.1 Å². The van der Waals surface area contributed by atoms with Crippen LogP contribution in [-0.2, 0) is 4.79 Å². The number of aromatic nitrogens is 2. The van der Waals surface area contributed by atoms with Crippen LogP contribution in [0, 0.1) is 0 Å². The van der Waals surface area contributed by atoms with E-state index in [1.54, 1.807) is 16.8 Å². The molecule has 1 atom stereocenters. The number of anilines is 1. The number of carbonyl (C=O) groups excluding carboxylic acids is 1. The molecule has 1 amide bonds. The van der Waals surface area contributed by atoms with Gasteiger partial charge in [-0.2, -0.15) is 5.10 Å². The van der Waals surface area contributed by atoms with Crippen LogP contribution in [0.5, 0.6) is 5.75 Å². The van der Waals surface area contributed by atoms with E-state index in [0.29, 0.717) is 23.9 Å². The first-order valence-corrected chi connectivity index (χ1v) is 9.01. The Balaban J connectivity index is 1.70. The summed E-state index contributed by atoms with van der Waals surface area (Å²) in [6.07, 6.45) is 3.89. The van der Waals surface area contributed by atoms with E-state index >= 15 is 0 Å². The minimum Gasteiger partial charge on any atom is -0.490 e. The summed E-state index contributed by atoms with van der Waals surface area (Å²) in [5, 5.41) is 8.05. The number of carbonyl (C=O) groups is 1. The van der Waals surface area contributed by atoms with Crippen molar-refractivity contribution in [3.63, 3.8) is 0 Å². The summed E-state index contributed by atoms with van der Waals surface area (Å²) in [6, 6.07) is 15.2. The molecule has 0 bridgehead atoms. The molecule has 0 aliphatic carbocycles. The van der Waals surface area contributed by atoms with Crippen LogP contribution in [0.25, 0.3) is 5.69 Å². The van der Waals surface area contributed by atoms with E-state index in [4.69, 9.17) is 16.3 Å². The average molecular weight is 380 g/mol. The van der Waals surface area contributed by atoms with E-state index in [9.17, 15) is 4.79 Å². The maximum atomic E-state index is 12.4. The average Bonchev–Trinajstić information content (AvgIpc) is 3.10. The van der Waals surface area contributed by atoms with Crippen molar-refractivity contribution in [2.75, 3.05) is 11.9 Å². The van der Waals surface area contributed by atoms with Crippen molar-refractivity contribution in [1.29, 1.82) is 0 Å². The Bertz CT molecular complexity index is 995. The highest BCUT2D eigenvalue weighted by atomic mass is 35.5. The van der Waals surface area contributed by atoms with E-state index < -0.39 is 0 Å². The molecule has 3 aromatic rings. The maximum Gasteiger partial charge on any atom is 0.226 e. The zero-order valence-corrected chi connectivity index (χ0v) is 15.3. The number of rotatable bonds is 5. The van der Waals surface area contributed by atoms with Gasteiger partial charge in [-0.15, -0.1) is 0 Å². The third kappa shape index (κ3) is 3.46. The van der Waals surface area contributed by atoms with Crippen molar-refractivity contribution in [2.24, 2.45) is 0 Å². The Morgan fingerprint density at radius 1 is 1.30 bits per heavy atom. The van der Waals surface area contributed by atoms with Gasteiger partial charge in [-0.05, 0) is 35.9 Å². The summed E-state index contributed by atoms with van der Waals surface area (Å²) in [4.78, 5) is 12.4. The molecule has 2 heterocycles. The van der Waals surface area contributed by atoms with Crippen LogP contribution in [-0.4, -0.2) is 22.3 Å². The van der Waals surface area contributed by atoms with Gasteiger partial charge in [0.25, 0.3) is 0 Å². The molecule has 0 fully saturated rings. The van der Waals surface area contributed by atoms with Gasteiger partial charge in [0.1, 0.15) is 18.2 Å². The summed E-state index contributed by atoms with van der Waals surface area (Å²) in [5.74, 6) is 1.36. The fourth-order valence-corrected chi connectivity index (χ4v) is 3.46. The minimum absolute atomic E-state index is 0.0386. The molecule has 1 aromatic heterocycles. The van der Waals surface area contributed by atoms with Crippen molar-refractivity contribution in [3.8, 4) is 11.4 Å². The molecule has 0 saturated carbocycles. The lowest BCUT2D eigenvalue weighted by atomic mass is 9.87. The zero-order chi connectivity index (χ0) is 18.8. The summed E-state index contributed by atoms with van der Waals surface area (Å²) in [6.45, 7) is 4.11. The molecule has 6 heteroatoms. The Morgan fingerprint density at radius 3 is 2.85 bits per heavy atom. The van der Waals surface area contributed by atoms with Gasteiger partial charge in [-0.1, -0.05) is 42.5 Å². The quantitative estimate of drug-likeness (QED) is 0.661. The van der Waals surface area contributed by atoms with E-state index in [1.807, 2.05) is 48.7 Å². The highest BCUT2D eigenvalue weighted by Gasteiger charge is 2.30. The van der Waals surface area contributed by atoms with E-state index in [1.165, 1.54) is 0 Å². The Hall–Kier alpha value is -3.05. The Kier molecular flexibility index (Phi) is 4.69. The lowest BCUT2D eigenvalue weighted by Gasteiger charge is -2.24. The zero-order valence-electron chi connectivity index (χ0n) is 14.6. The van der Waals surface area contributed by atoms with Crippen LogP contribution in [0.4, 0.5) is 5.82 Å². The topological polar surface area (TPSA) is 56.1 Å². The second kappa shape index (κ2) is 7.29. The molecule has 1 N–H and O–H groups in total. The molecule has 1 aliphatic heterocycles. The van der Waals surface area contributed by atoms with Crippen molar-refractivity contribution in [3.05, 3.63) is 83.5 Å². The highest BCUT2D eigenvalue weighted by Crippen LogP contribution is 2.38. The summed E-state index contributed by atoms with van der Waals surface area (Å²) >= 11 is 6.10. The van der Waals surface area contributed by atoms with E-state index in [2.05, 4.69) is 17.0 Å². The molecular weight excluding hydrogens is 362 g/mol. The summed E-state index contributed by atoms with van der Waals surface area (Å²) in [5.41, 5.74) is 2.83. The number of hydrogen-bond donors (Lipinski definition) is 1. The Morgan fingerprint density at radius 2 is 2.11 bits per heavy atom. The SMILES string of the molecule is C=CCOc1ccc([C@@H]2CC(=O)Nc3c2cnn3-c2cccc(Cl)c2)cc1. The van der Waals surface area contributed by atoms with Crippen LogP contribution in [0.3, 0.4) is 0 Å². The molecule has 1 aliphatic rings. The van der Waals surface area contributed by atoms with Gasteiger partial charge in [-0.3, -0.25) is 4.79 Å². The van der Waals surface area contributed by atoms with Gasteiger partial charge in [0, 0.05) is 22.9 Å². The molecule has 27 heavy (non-hydrogen) atoms. The molecule has 5 nitrogen and oxygen atoms in total. The number of fused-ring (bicyclic) bond motifs is 1. The fraction of sp³-hybridized carbons (Fsp3) is 0.143. The van der Waals surface area contributed by atoms with Crippen LogP contribution in [0.15, 0.2) is 67.4 Å². The van der Waals surface area contributed by atoms with Gasteiger partial charge in [0.05, 0.1) is 11.9 Å². The number of nitrogens with one attached hydrogen (secondary N) is 1. The second-order valence-corrected chi connectivity index (χ2v) is 6.75. The number of hydrogen-bond acceptors (Lipinski definition) is 3. The predicted octanol–water partition coefficient (Wildman–Crippen LogP) is 4.56. The van der Waals surface area contributed by atoms with Crippen LogP contribution >= 0.6 is 11.6 Å². The second-order valence-electron chi connectivity index (χ2n) is 6.31. The molecule has 0 spiro atoms. The number of halogens is 1. The standard InChI is InChI=1S/C21H18ClN3O2/c1-2-10-27-17-8-6-14(7-9-17)18-12-20(26)24-21-19(18)13-23-25(21)16-5-3-4-15(22)11-16/h2-9,11,13,18H,1,10,12H2,(H,24,26)/t18-/m0/s1. The van der Waals surface area contributed by atoms with Gasteiger partial charge in [0.15, 0.2) is 0 Å². The lowest BCUT2D eigenvalue weighted by molar-refractivity contribution is -0.116. The van der Waals surface area contributed by atoms with E-state index in [-0.39, 0.29) is 11.8 Å². The molecule has 0 unspecified atom stereocenters. The molecular formula is C21H18ClN3O2. The van der Waals surface area contributed by atoms with Gasteiger partial charge < -0.3 is 10.1 Å². The van der Waals surface area contributed by atoms with Crippen molar-refractivity contribution in [1.82, 2.24) is 9.78 Å². The Labute approximate surface area is 162 Å². The van der Waals surface area contributed by atoms with Gasteiger partial charge in [-0.25, -0.2) is 4.68 Å². The summed E-state index contributed by atoms with van der Waals surface area (Å²) in [7, 11) is 0. The smallest absolute Gasteiger partial charge is 0.226 e. The molecule has 0 radical (unpaired) electrons. The minimum atomic E-state index is -0.0601. The first-order chi connectivity index (χ1) is 13.2. The van der Waals surface area contributed by atoms with Crippen LogP contribution in [0.2, 0.25) is 5.02 Å². The normalized spacial score (nSPS) is 15.7. The largest absolute Gasteiger partial charge is 0.490 e. The number of nitrogens with zero attached hydrogens (tertiary/aromatic N) is 2. The van der Waals surface area contributed by atoms with Crippen molar-refractivity contribution in [2.45, 2.75) is 12.3 Å². The third-order valence-corrected chi connectivity index (χ3v) is 4.76. The monoisotopic (exact) mass is 379 g/mol. The van der Waals surface area contributed by atoms with Crippen molar-refractivity contribution >= 4 is 23.3 Å². The van der Waals surface area contributed by atoms with E-state index in [0.717, 1.165) is 22.6 Å². The molecule has 2 aromatic carbocycles. The first kappa shape index (κ1) is 17.4. The lowest BCUT2D eigenvalue weighted by Crippen LogP contribution is -2.24. The van der Waals surface area contributed by atoms with Gasteiger partial charge in [0.2, 0.25) is 5.91 Å². The summed E-state index contributed by atoms with van der Waals surface area (Å²) < 4.78 is 7.25. The predicted molar refractivity (Wildman–Crippen MR) is 106 cm³/mol. The fourth-order valence-electron chi connectivity index (χ4n) is 3.27. The number of benzene rings is 2. The number of amides is 1. The first-order valence-electron chi connectivity index (χ1n) is 8.63. The highest BCUT2D eigenvalue weighted by molar-refractivity contribution is 6.30. The van der Waals surface area contributed by atoms with Crippen molar-refractivity contribution < 1.29 is 9.53 Å². The molecule has 0 saturated heterocycles.